The molecule has 1 aliphatic rings. The van der Waals surface area contributed by atoms with E-state index in [-0.39, 0.29) is 11.8 Å². The lowest BCUT2D eigenvalue weighted by Gasteiger charge is -2.20. The number of rotatable bonds is 1. The zero-order chi connectivity index (χ0) is 8.59. The Hall–Kier alpha value is -0.180. The molecule has 1 heterocycles. The van der Waals surface area contributed by atoms with Crippen LogP contribution in [0.3, 0.4) is 0 Å². The Bertz CT molecular complexity index is 171. The molecule has 1 aliphatic heterocycles. The van der Waals surface area contributed by atoms with Gasteiger partial charge in [-0.25, -0.2) is 0 Å². The monoisotopic (exact) mass is 173 g/mol. The molecule has 1 saturated heterocycles. The van der Waals surface area contributed by atoms with E-state index in [0.717, 1.165) is 0 Å². The van der Waals surface area contributed by atoms with Crippen LogP contribution in [0, 0.1) is 11.8 Å². The zero-order valence-corrected chi connectivity index (χ0v) is 8.31. The molecule has 0 saturated carbocycles. The van der Waals surface area contributed by atoms with Crippen LogP contribution in [0.5, 0.6) is 0 Å². The molecule has 0 aromatic heterocycles. The fraction of sp³-hybridized carbons (Fsp3) is 0.875. The number of hydrogen-bond donors (Lipinski definition) is 0. The SMILES string of the molecule is CSC1C(C)C(C)C(=O)N1C. The molecule has 3 atom stereocenters. The zero-order valence-electron chi connectivity index (χ0n) is 7.50. The second-order valence-electron chi connectivity index (χ2n) is 3.22. The Balaban J connectivity index is 2.77. The minimum Gasteiger partial charge on any atom is -0.333 e. The van der Waals surface area contributed by atoms with Gasteiger partial charge in [0.2, 0.25) is 5.91 Å². The lowest BCUT2D eigenvalue weighted by Crippen LogP contribution is -2.27. The van der Waals surface area contributed by atoms with E-state index in [9.17, 15) is 4.79 Å². The molecule has 1 rings (SSSR count). The molecule has 0 N–H and O–H groups in total. The molecule has 64 valence electrons. The van der Waals surface area contributed by atoms with E-state index in [1.807, 2.05) is 18.9 Å². The summed E-state index contributed by atoms with van der Waals surface area (Å²) in [5.41, 5.74) is 0. The fourth-order valence-electron chi connectivity index (χ4n) is 1.64. The summed E-state index contributed by atoms with van der Waals surface area (Å²) >= 11 is 1.76. The van der Waals surface area contributed by atoms with Gasteiger partial charge in [0.25, 0.3) is 0 Å². The molecule has 0 spiro atoms. The minimum atomic E-state index is 0.206. The first-order chi connectivity index (χ1) is 5.09. The van der Waals surface area contributed by atoms with Gasteiger partial charge in [0.1, 0.15) is 0 Å². The summed E-state index contributed by atoms with van der Waals surface area (Å²) in [7, 11) is 1.89. The molecule has 1 amide bonds. The van der Waals surface area contributed by atoms with Gasteiger partial charge in [0, 0.05) is 13.0 Å². The normalized spacial score (nSPS) is 38.4. The highest BCUT2D eigenvalue weighted by Crippen LogP contribution is 2.34. The number of carbonyl (C=O) groups is 1. The molecule has 3 heteroatoms. The van der Waals surface area contributed by atoms with Gasteiger partial charge in [0.05, 0.1) is 5.37 Å². The highest BCUT2D eigenvalue weighted by Gasteiger charge is 2.40. The van der Waals surface area contributed by atoms with Crippen LogP contribution >= 0.6 is 11.8 Å². The van der Waals surface area contributed by atoms with E-state index >= 15 is 0 Å². The average Bonchev–Trinajstić information content (AvgIpc) is 2.17. The van der Waals surface area contributed by atoms with Crippen LogP contribution in [0.25, 0.3) is 0 Å². The molecule has 0 aliphatic carbocycles. The van der Waals surface area contributed by atoms with E-state index in [0.29, 0.717) is 11.3 Å². The third-order valence-electron chi connectivity index (χ3n) is 2.60. The van der Waals surface area contributed by atoms with Crippen molar-refractivity contribution < 1.29 is 4.79 Å². The van der Waals surface area contributed by atoms with E-state index in [1.165, 1.54) is 0 Å². The van der Waals surface area contributed by atoms with Crippen LogP contribution in [0.1, 0.15) is 13.8 Å². The predicted octanol–water partition coefficient (Wildman–Crippen LogP) is 1.42. The summed E-state index contributed by atoms with van der Waals surface area (Å²) in [6, 6.07) is 0. The van der Waals surface area contributed by atoms with Crippen LogP contribution in [0.4, 0.5) is 0 Å². The Morgan fingerprint density at radius 3 is 2.18 bits per heavy atom. The smallest absolute Gasteiger partial charge is 0.226 e. The van der Waals surface area contributed by atoms with E-state index in [4.69, 9.17) is 0 Å². The van der Waals surface area contributed by atoms with Crippen molar-refractivity contribution in [3.8, 4) is 0 Å². The van der Waals surface area contributed by atoms with Crippen molar-refractivity contribution in [2.45, 2.75) is 19.2 Å². The molecular weight excluding hydrogens is 158 g/mol. The van der Waals surface area contributed by atoms with Crippen LogP contribution in [0.2, 0.25) is 0 Å². The number of nitrogens with zero attached hydrogens (tertiary/aromatic N) is 1. The van der Waals surface area contributed by atoms with Crippen molar-refractivity contribution in [1.29, 1.82) is 0 Å². The van der Waals surface area contributed by atoms with Crippen LogP contribution in [-0.2, 0) is 4.79 Å². The second-order valence-corrected chi connectivity index (χ2v) is 4.18. The summed E-state index contributed by atoms with van der Waals surface area (Å²) in [5.74, 6) is 0.983. The summed E-state index contributed by atoms with van der Waals surface area (Å²) in [6.07, 6.45) is 2.06. The summed E-state index contributed by atoms with van der Waals surface area (Å²) in [4.78, 5) is 13.3. The van der Waals surface area contributed by atoms with Crippen molar-refractivity contribution in [1.82, 2.24) is 4.90 Å². The molecule has 0 aromatic carbocycles. The third kappa shape index (κ3) is 1.26. The maximum Gasteiger partial charge on any atom is 0.226 e. The predicted molar refractivity (Wildman–Crippen MR) is 48.4 cm³/mol. The van der Waals surface area contributed by atoms with Crippen LogP contribution < -0.4 is 0 Å². The maximum atomic E-state index is 11.4. The first-order valence-corrected chi connectivity index (χ1v) is 5.18. The molecular formula is C8H15NOS. The molecule has 1 fully saturated rings. The van der Waals surface area contributed by atoms with Gasteiger partial charge in [-0.1, -0.05) is 13.8 Å². The van der Waals surface area contributed by atoms with Gasteiger partial charge < -0.3 is 4.90 Å². The number of thioether (sulfide) groups is 1. The highest BCUT2D eigenvalue weighted by atomic mass is 32.2. The van der Waals surface area contributed by atoms with Gasteiger partial charge in [-0.05, 0) is 12.2 Å². The van der Waals surface area contributed by atoms with Gasteiger partial charge in [-0.3, -0.25) is 4.79 Å². The van der Waals surface area contributed by atoms with Gasteiger partial charge in [-0.2, -0.15) is 0 Å². The Labute approximate surface area is 72.3 Å². The molecule has 3 unspecified atom stereocenters. The number of amides is 1. The summed E-state index contributed by atoms with van der Waals surface area (Å²) in [6.45, 7) is 4.16. The standard InChI is InChI=1S/C8H15NOS/c1-5-6(2)8(11-4)9(3)7(5)10/h5-6,8H,1-4H3. The first kappa shape index (κ1) is 8.91. The van der Waals surface area contributed by atoms with Crippen LogP contribution in [-0.4, -0.2) is 29.5 Å². The van der Waals surface area contributed by atoms with Gasteiger partial charge in [-0.15, -0.1) is 11.8 Å². The maximum absolute atomic E-state index is 11.4. The van der Waals surface area contributed by atoms with Crippen molar-refractivity contribution in [2.75, 3.05) is 13.3 Å². The van der Waals surface area contributed by atoms with E-state index in [1.54, 1.807) is 11.8 Å². The first-order valence-electron chi connectivity index (χ1n) is 3.89. The molecule has 11 heavy (non-hydrogen) atoms. The Kier molecular flexibility index (Phi) is 2.47. The van der Waals surface area contributed by atoms with Crippen molar-refractivity contribution >= 4 is 17.7 Å². The molecule has 0 aromatic rings. The lowest BCUT2D eigenvalue weighted by atomic mass is 10.0. The van der Waals surface area contributed by atoms with E-state index in [2.05, 4.69) is 13.2 Å². The average molecular weight is 173 g/mol. The quantitative estimate of drug-likeness (QED) is 0.597. The Morgan fingerprint density at radius 2 is 2.00 bits per heavy atom. The second kappa shape index (κ2) is 3.05. The molecule has 0 radical (unpaired) electrons. The van der Waals surface area contributed by atoms with Crippen molar-refractivity contribution in [3.05, 3.63) is 0 Å². The third-order valence-corrected chi connectivity index (χ3v) is 3.83. The van der Waals surface area contributed by atoms with Crippen LogP contribution in [0.15, 0.2) is 0 Å². The molecule has 0 bridgehead atoms. The lowest BCUT2D eigenvalue weighted by molar-refractivity contribution is -0.129. The van der Waals surface area contributed by atoms with Crippen molar-refractivity contribution in [3.63, 3.8) is 0 Å². The topological polar surface area (TPSA) is 20.3 Å². The minimum absolute atomic E-state index is 0.206. The summed E-state index contributed by atoms with van der Waals surface area (Å²) < 4.78 is 0. The van der Waals surface area contributed by atoms with Gasteiger partial charge in [0.15, 0.2) is 0 Å². The number of likely N-dealkylation sites (tertiary alicyclic amines) is 1. The highest BCUT2D eigenvalue weighted by molar-refractivity contribution is 7.99. The number of carbonyl (C=O) groups excluding carboxylic acids is 1. The van der Waals surface area contributed by atoms with Gasteiger partial charge >= 0.3 is 0 Å². The Morgan fingerprint density at radius 1 is 1.45 bits per heavy atom. The fourth-order valence-corrected chi connectivity index (χ4v) is 2.73. The summed E-state index contributed by atoms with van der Waals surface area (Å²) in [5, 5.41) is 0.387. The number of hydrogen-bond acceptors (Lipinski definition) is 2. The molecule has 2 nitrogen and oxygen atoms in total. The largest absolute Gasteiger partial charge is 0.333 e. The van der Waals surface area contributed by atoms with Crippen molar-refractivity contribution in [2.24, 2.45) is 11.8 Å². The van der Waals surface area contributed by atoms with E-state index < -0.39 is 0 Å².